The third-order valence-electron chi connectivity index (χ3n) is 6.39. The molecule has 0 amide bonds. The van der Waals surface area contributed by atoms with Gasteiger partial charge in [0.15, 0.2) is 17.2 Å². The number of nitrogens with zero attached hydrogens (tertiary/aromatic N) is 1. The zero-order valence-corrected chi connectivity index (χ0v) is 18.3. The summed E-state index contributed by atoms with van der Waals surface area (Å²) in [6.45, 7) is 1.62. The summed E-state index contributed by atoms with van der Waals surface area (Å²) in [5, 5.41) is 43.6. The molecule has 32 heavy (non-hydrogen) atoms. The van der Waals surface area contributed by atoms with Crippen molar-refractivity contribution in [2.75, 3.05) is 13.1 Å². The summed E-state index contributed by atoms with van der Waals surface area (Å²) in [5.41, 5.74) is 8.85. The molecule has 2 unspecified atom stereocenters. The molecule has 0 spiro atoms. The number of hydrogen-bond donors (Lipinski definition) is 5. The van der Waals surface area contributed by atoms with Crippen molar-refractivity contribution in [3.8, 4) is 17.2 Å². The van der Waals surface area contributed by atoms with Crippen molar-refractivity contribution in [2.24, 2.45) is 5.73 Å². The number of nitro groups is 1. The van der Waals surface area contributed by atoms with Gasteiger partial charge in [-0.2, -0.15) is 0 Å². The number of nitro benzene ring substituents is 1. The zero-order valence-electron chi connectivity index (χ0n) is 18.3. The van der Waals surface area contributed by atoms with Crippen LogP contribution in [0, 0.1) is 10.1 Å². The minimum absolute atomic E-state index is 0.00684. The molecule has 8 nitrogen and oxygen atoms in total. The maximum atomic E-state index is 10.9. The molecular weight excluding hydrogens is 410 g/mol. The molecule has 2 aromatic rings. The lowest BCUT2D eigenvalue weighted by Gasteiger charge is -2.32. The molecule has 1 aliphatic rings. The highest BCUT2D eigenvalue weighted by atomic mass is 16.6. The fraction of sp³-hybridized carbons (Fsp3) is 0.500. The molecule has 2 aromatic carbocycles. The summed E-state index contributed by atoms with van der Waals surface area (Å²) in [5.74, 6) is -0.140. The summed E-state index contributed by atoms with van der Waals surface area (Å²) < 4.78 is 0. The van der Waals surface area contributed by atoms with E-state index in [4.69, 9.17) is 5.73 Å². The number of phenols is 3. The normalized spacial score (nSPS) is 17.8. The van der Waals surface area contributed by atoms with Crippen molar-refractivity contribution in [1.29, 1.82) is 0 Å². The molecule has 0 fully saturated rings. The topological polar surface area (TPSA) is 142 Å². The molecule has 0 heterocycles. The lowest BCUT2D eigenvalue weighted by Crippen LogP contribution is -2.33. The molecular formula is C24H33N3O5. The van der Waals surface area contributed by atoms with Gasteiger partial charge in [-0.3, -0.25) is 10.1 Å². The zero-order chi connectivity index (χ0) is 23.1. The minimum atomic E-state index is -0.572. The van der Waals surface area contributed by atoms with Crippen molar-refractivity contribution >= 4 is 5.69 Å². The molecule has 2 atom stereocenters. The third-order valence-corrected chi connectivity index (χ3v) is 6.39. The van der Waals surface area contributed by atoms with Crippen LogP contribution in [0.5, 0.6) is 17.2 Å². The molecule has 174 valence electrons. The summed E-state index contributed by atoms with van der Waals surface area (Å²) in [6.07, 6.45) is 7.50. The first-order chi connectivity index (χ1) is 15.4. The minimum Gasteiger partial charge on any atom is -0.504 e. The van der Waals surface area contributed by atoms with Crippen LogP contribution in [-0.2, 0) is 12.8 Å². The Labute approximate surface area is 188 Å². The van der Waals surface area contributed by atoms with E-state index in [0.29, 0.717) is 12.8 Å². The van der Waals surface area contributed by atoms with Crippen molar-refractivity contribution in [1.82, 2.24) is 5.32 Å². The Hall–Kier alpha value is -2.84. The lowest BCUT2D eigenvalue weighted by molar-refractivity contribution is -0.385. The van der Waals surface area contributed by atoms with E-state index in [2.05, 4.69) is 5.32 Å². The molecule has 0 saturated heterocycles. The van der Waals surface area contributed by atoms with Gasteiger partial charge < -0.3 is 26.4 Å². The Kier molecular flexibility index (Phi) is 8.30. The van der Waals surface area contributed by atoms with E-state index < -0.39 is 4.92 Å². The van der Waals surface area contributed by atoms with Crippen LogP contribution in [0.1, 0.15) is 61.1 Å². The van der Waals surface area contributed by atoms with Crippen molar-refractivity contribution < 1.29 is 20.2 Å². The molecule has 0 saturated carbocycles. The van der Waals surface area contributed by atoms with E-state index in [1.165, 1.54) is 12.1 Å². The predicted octanol–water partition coefficient (Wildman–Crippen LogP) is 3.85. The van der Waals surface area contributed by atoms with Crippen LogP contribution in [0.15, 0.2) is 30.3 Å². The fourth-order valence-electron chi connectivity index (χ4n) is 4.56. The van der Waals surface area contributed by atoms with Gasteiger partial charge in [0.2, 0.25) is 0 Å². The number of fused-ring (bicyclic) bond motifs is 1. The van der Waals surface area contributed by atoms with Gasteiger partial charge in [-0.15, -0.1) is 0 Å². The maximum Gasteiger partial charge on any atom is 0.310 e. The Morgan fingerprint density at radius 3 is 2.56 bits per heavy atom. The van der Waals surface area contributed by atoms with Gasteiger partial charge in [-0.05, 0) is 74.4 Å². The van der Waals surface area contributed by atoms with Crippen LogP contribution in [0.25, 0.3) is 0 Å². The number of benzene rings is 2. The Bertz CT molecular complexity index is 934. The highest BCUT2D eigenvalue weighted by Crippen LogP contribution is 2.42. The van der Waals surface area contributed by atoms with Crippen LogP contribution in [0.3, 0.4) is 0 Å². The number of hydrogen-bond acceptors (Lipinski definition) is 7. The molecule has 8 heteroatoms. The second kappa shape index (κ2) is 11.2. The van der Waals surface area contributed by atoms with E-state index in [1.54, 1.807) is 12.1 Å². The van der Waals surface area contributed by atoms with Gasteiger partial charge in [0.05, 0.1) is 4.92 Å². The number of aromatic hydroxyl groups is 3. The smallest absolute Gasteiger partial charge is 0.310 e. The number of unbranched alkanes of at least 4 members (excludes halogenated alkanes) is 3. The Balaban J connectivity index is 1.32. The second-order valence-electron chi connectivity index (χ2n) is 8.59. The monoisotopic (exact) mass is 443 g/mol. The molecule has 1 aliphatic carbocycles. The van der Waals surface area contributed by atoms with E-state index >= 15 is 0 Å². The average molecular weight is 444 g/mol. The molecule has 6 N–H and O–H groups in total. The van der Waals surface area contributed by atoms with Crippen LogP contribution in [0.4, 0.5) is 5.69 Å². The Morgan fingerprint density at radius 2 is 1.78 bits per heavy atom. The van der Waals surface area contributed by atoms with Crippen LogP contribution in [-0.4, -0.2) is 39.4 Å². The van der Waals surface area contributed by atoms with Gasteiger partial charge in [0, 0.05) is 17.7 Å². The van der Waals surface area contributed by atoms with E-state index in [-0.39, 0.29) is 34.9 Å². The van der Waals surface area contributed by atoms with Crippen molar-refractivity contribution in [3.63, 3.8) is 0 Å². The largest absolute Gasteiger partial charge is 0.504 e. The van der Waals surface area contributed by atoms with Crippen molar-refractivity contribution in [3.05, 3.63) is 57.1 Å². The first kappa shape index (κ1) is 23.8. The van der Waals surface area contributed by atoms with E-state index in [1.807, 2.05) is 6.07 Å². The summed E-state index contributed by atoms with van der Waals surface area (Å²) in [4.78, 5) is 10.3. The average Bonchev–Trinajstić information content (AvgIpc) is 2.77. The SMILES string of the molecule is NC1CCc2c(ccc(O)c2O)C1CCCCCCNCCc1ccc(O)c([N+](=O)[O-])c1. The quantitative estimate of drug-likeness (QED) is 0.154. The molecule has 0 aliphatic heterocycles. The molecule has 0 radical (unpaired) electrons. The first-order valence-corrected chi connectivity index (χ1v) is 11.3. The predicted molar refractivity (Wildman–Crippen MR) is 123 cm³/mol. The fourth-order valence-corrected chi connectivity index (χ4v) is 4.56. The highest BCUT2D eigenvalue weighted by Gasteiger charge is 2.29. The summed E-state index contributed by atoms with van der Waals surface area (Å²) in [6, 6.07) is 8.05. The number of nitrogens with one attached hydrogen (secondary N) is 1. The van der Waals surface area contributed by atoms with Crippen molar-refractivity contribution in [2.45, 2.75) is 63.3 Å². The second-order valence-corrected chi connectivity index (χ2v) is 8.59. The van der Waals surface area contributed by atoms with Gasteiger partial charge >= 0.3 is 5.69 Å². The van der Waals surface area contributed by atoms with Gasteiger partial charge in [0.1, 0.15) is 0 Å². The Morgan fingerprint density at radius 1 is 1.03 bits per heavy atom. The van der Waals surface area contributed by atoms with Gasteiger partial charge in [-0.25, -0.2) is 0 Å². The standard InChI is InChI=1S/C24H33N3O5/c25-20-9-7-19-17(8-11-23(29)24(19)30)18(20)5-3-1-2-4-13-26-14-12-16-6-10-22(28)21(15-16)27(31)32/h6,8,10-11,15,18,20,26,28-30H,1-5,7,9,12-14,25H2. The van der Waals surface area contributed by atoms with E-state index in [9.17, 15) is 25.4 Å². The van der Waals surface area contributed by atoms with Crippen LogP contribution >= 0.6 is 0 Å². The molecule has 3 rings (SSSR count). The van der Waals surface area contributed by atoms with Crippen LogP contribution < -0.4 is 11.1 Å². The van der Waals surface area contributed by atoms with Gasteiger partial charge in [0.25, 0.3) is 0 Å². The highest BCUT2D eigenvalue weighted by molar-refractivity contribution is 5.51. The molecule has 0 bridgehead atoms. The van der Waals surface area contributed by atoms with E-state index in [0.717, 1.165) is 68.3 Å². The summed E-state index contributed by atoms with van der Waals surface area (Å²) >= 11 is 0. The number of phenolic OH excluding ortho intramolecular Hbond substituents is 3. The number of nitrogens with two attached hydrogens (primary N) is 1. The third kappa shape index (κ3) is 5.89. The van der Waals surface area contributed by atoms with Crippen LogP contribution in [0.2, 0.25) is 0 Å². The molecule has 0 aromatic heterocycles. The first-order valence-electron chi connectivity index (χ1n) is 11.3. The van der Waals surface area contributed by atoms with Gasteiger partial charge in [-0.1, -0.05) is 31.4 Å². The number of rotatable bonds is 11. The lowest BCUT2D eigenvalue weighted by atomic mass is 9.76. The summed E-state index contributed by atoms with van der Waals surface area (Å²) in [7, 11) is 0. The maximum absolute atomic E-state index is 10.9.